The summed E-state index contributed by atoms with van der Waals surface area (Å²) in [6, 6.07) is 0. The van der Waals surface area contributed by atoms with E-state index in [1.54, 1.807) is 20.2 Å². The number of hydrogen-bond acceptors (Lipinski definition) is 5. The van der Waals surface area contributed by atoms with Crippen LogP contribution in [-0.2, 0) is 20.9 Å². The third-order valence-electron chi connectivity index (χ3n) is 3.11. The molecule has 2 amide bonds. The molecule has 0 fully saturated rings. The van der Waals surface area contributed by atoms with Crippen LogP contribution in [0.3, 0.4) is 0 Å². The van der Waals surface area contributed by atoms with Crippen LogP contribution in [0.5, 0.6) is 0 Å². The summed E-state index contributed by atoms with van der Waals surface area (Å²) >= 11 is 0. The van der Waals surface area contributed by atoms with E-state index in [1.165, 1.54) is 10.9 Å². The molecule has 1 rings (SSSR count). The van der Waals surface area contributed by atoms with Crippen LogP contribution in [0.1, 0.15) is 26.7 Å². The number of aromatic nitrogens is 2. The van der Waals surface area contributed by atoms with Gasteiger partial charge in [0.15, 0.2) is 0 Å². The van der Waals surface area contributed by atoms with E-state index in [9.17, 15) is 9.59 Å². The molecule has 0 radical (unpaired) electrons. The fourth-order valence-corrected chi connectivity index (χ4v) is 1.92. The Morgan fingerprint density at radius 1 is 1.48 bits per heavy atom. The van der Waals surface area contributed by atoms with Crippen LogP contribution in [-0.4, -0.2) is 47.4 Å². The van der Waals surface area contributed by atoms with Crippen molar-refractivity contribution in [3.05, 3.63) is 12.4 Å². The lowest BCUT2D eigenvalue weighted by atomic mass is 9.96. The molecule has 8 nitrogen and oxygen atoms in total. The van der Waals surface area contributed by atoms with Gasteiger partial charge in [-0.25, -0.2) is 0 Å². The molecule has 0 aliphatic heterocycles. The number of carbonyl (C=O) groups is 2. The van der Waals surface area contributed by atoms with Gasteiger partial charge in [-0.1, -0.05) is 13.3 Å². The predicted molar refractivity (Wildman–Crippen MR) is 90.5 cm³/mol. The third kappa shape index (κ3) is 7.45. The largest absolute Gasteiger partial charge is 0.383 e. The van der Waals surface area contributed by atoms with E-state index < -0.39 is 5.54 Å². The molecule has 4 N–H and O–H groups in total. The summed E-state index contributed by atoms with van der Waals surface area (Å²) in [6.07, 6.45) is 4.49. The molecule has 0 saturated carbocycles. The van der Waals surface area contributed by atoms with Crippen LogP contribution >= 0.6 is 12.4 Å². The zero-order chi connectivity index (χ0) is 16.6. The number of hydrogen-bond donors (Lipinski definition) is 3. The van der Waals surface area contributed by atoms with Gasteiger partial charge in [0, 0.05) is 19.9 Å². The topological polar surface area (TPSA) is 111 Å². The van der Waals surface area contributed by atoms with Crippen molar-refractivity contribution in [3.8, 4) is 0 Å². The molecule has 1 aromatic rings. The average Bonchev–Trinajstić information content (AvgIpc) is 2.86. The molecule has 9 heteroatoms. The number of nitrogens with one attached hydrogen (secondary N) is 2. The molecule has 0 aromatic carbocycles. The van der Waals surface area contributed by atoms with Gasteiger partial charge in [0.1, 0.15) is 6.54 Å². The molecule has 1 atom stereocenters. The maximum absolute atomic E-state index is 12.1. The summed E-state index contributed by atoms with van der Waals surface area (Å²) in [5.74, 6) is -0.439. The van der Waals surface area contributed by atoms with Crippen molar-refractivity contribution in [1.82, 2.24) is 15.1 Å². The maximum atomic E-state index is 12.1. The molecule has 0 aliphatic carbocycles. The Kier molecular flexibility index (Phi) is 9.47. The highest BCUT2D eigenvalue weighted by Crippen LogP contribution is 2.13. The summed E-state index contributed by atoms with van der Waals surface area (Å²) in [5, 5.41) is 9.44. The first-order chi connectivity index (χ1) is 10.4. The molecule has 1 unspecified atom stereocenters. The maximum Gasteiger partial charge on any atom is 0.244 e. The van der Waals surface area contributed by atoms with Crippen LogP contribution in [0.15, 0.2) is 12.4 Å². The SMILES string of the molecule is CCCC(C)(N)C(=O)Nc1cnn(CC(=O)NCCOC)c1.Cl. The molecular weight excluding hydrogens is 322 g/mol. The predicted octanol–water partition coefficient (Wildman–Crippen LogP) is 0.524. The fourth-order valence-electron chi connectivity index (χ4n) is 1.92. The summed E-state index contributed by atoms with van der Waals surface area (Å²) in [7, 11) is 1.57. The Bertz CT molecular complexity index is 504. The number of rotatable bonds is 9. The van der Waals surface area contributed by atoms with E-state index in [0.29, 0.717) is 25.3 Å². The van der Waals surface area contributed by atoms with Crippen molar-refractivity contribution in [2.24, 2.45) is 5.73 Å². The summed E-state index contributed by atoms with van der Waals surface area (Å²) in [5.41, 5.74) is 5.55. The minimum atomic E-state index is -0.922. The molecule has 0 bridgehead atoms. The Hall–Kier alpha value is -1.64. The zero-order valence-corrected chi connectivity index (χ0v) is 14.6. The smallest absolute Gasteiger partial charge is 0.244 e. The molecular formula is C14H26ClN5O3. The molecule has 1 heterocycles. The van der Waals surface area contributed by atoms with Gasteiger partial charge < -0.3 is 21.1 Å². The second kappa shape index (κ2) is 10.2. The molecule has 132 valence electrons. The lowest BCUT2D eigenvalue weighted by Gasteiger charge is -2.22. The Morgan fingerprint density at radius 3 is 2.78 bits per heavy atom. The van der Waals surface area contributed by atoms with Gasteiger partial charge in [-0.2, -0.15) is 5.10 Å². The Balaban J connectivity index is 0.00000484. The van der Waals surface area contributed by atoms with Crippen LogP contribution in [0.2, 0.25) is 0 Å². The fraction of sp³-hybridized carbons (Fsp3) is 0.643. The lowest BCUT2D eigenvalue weighted by Crippen LogP contribution is -2.48. The average molecular weight is 348 g/mol. The summed E-state index contributed by atoms with van der Waals surface area (Å²) in [6.45, 7) is 4.65. The molecule has 0 aliphatic rings. The second-order valence-electron chi connectivity index (χ2n) is 5.39. The van der Waals surface area contributed by atoms with Gasteiger partial charge in [0.25, 0.3) is 0 Å². The lowest BCUT2D eigenvalue weighted by molar-refractivity contribution is -0.122. The highest BCUT2D eigenvalue weighted by molar-refractivity contribution is 5.97. The number of methoxy groups -OCH3 is 1. The van der Waals surface area contributed by atoms with Gasteiger partial charge in [0.05, 0.1) is 24.0 Å². The number of ether oxygens (including phenoxy) is 1. The number of amides is 2. The number of nitrogens with zero attached hydrogens (tertiary/aromatic N) is 2. The first-order valence-corrected chi connectivity index (χ1v) is 7.27. The normalized spacial score (nSPS) is 12.9. The van der Waals surface area contributed by atoms with Crippen molar-refractivity contribution < 1.29 is 14.3 Å². The molecule has 1 aromatic heterocycles. The van der Waals surface area contributed by atoms with Gasteiger partial charge in [-0.15, -0.1) is 12.4 Å². The second-order valence-corrected chi connectivity index (χ2v) is 5.39. The minimum Gasteiger partial charge on any atom is -0.383 e. The van der Waals surface area contributed by atoms with Crippen LogP contribution in [0.4, 0.5) is 5.69 Å². The molecule has 0 saturated heterocycles. The first-order valence-electron chi connectivity index (χ1n) is 7.27. The molecule has 0 spiro atoms. The Morgan fingerprint density at radius 2 is 2.17 bits per heavy atom. The van der Waals surface area contributed by atoms with E-state index in [4.69, 9.17) is 10.5 Å². The quantitative estimate of drug-likeness (QED) is 0.564. The highest BCUT2D eigenvalue weighted by atomic mass is 35.5. The standard InChI is InChI=1S/C14H25N5O3.ClH/c1-4-5-14(2,15)13(21)18-11-8-17-19(9-11)10-12(20)16-6-7-22-3;/h8-9H,4-7,10,15H2,1-3H3,(H,16,20)(H,18,21);1H. The number of carbonyl (C=O) groups excluding carboxylic acids is 2. The van der Waals surface area contributed by atoms with Crippen LogP contribution in [0.25, 0.3) is 0 Å². The van der Waals surface area contributed by atoms with Gasteiger partial charge in [0.2, 0.25) is 11.8 Å². The van der Waals surface area contributed by atoms with Crippen LogP contribution in [0, 0.1) is 0 Å². The van der Waals surface area contributed by atoms with E-state index in [2.05, 4.69) is 15.7 Å². The minimum absolute atomic E-state index is 0. The monoisotopic (exact) mass is 347 g/mol. The molecule has 23 heavy (non-hydrogen) atoms. The van der Waals surface area contributed by atoms with Gasteiger partial charge in [-0.3, -0.25) is 14.3 Å². The summed E-state index contributed by atoms with van der Waals surface area (Å²) < 4.78 is 6.30. The summed E-state index contributed by atoms with van der Waals surface area (Å²) in [4.78, 5) is 23.7. The number of anilines is 1. The van der Waals surface area contributed by atoms with Crippen molar-refractivity contribution in [3.63, 3.8) is 0 Å². The van der Waals surface area contributed by atoms with E-state index in [-0.39, 0.29) is 30.8 Å². The van der Waals surface area contributed by atoms with E-state index in [0.717, 1.165) is 6.42 Å². The van der Waals surface area contributed by atoms with Crippen molar-refractivity contribution in [2.45, 2.75) is 38.8 Å². The van der Waals surface area contributed by atoms with Crippen LogP contribution < -0.4 is 16.4 Å². The van der Waals surface area contributed by atoms with Gasteiger partial charge in [-0.05, 0) is 13.3 Å². The van der Waals surface area contributed by atoms with Crippen molar-refractivity contribution in [2.75, 3.05) is 25.6 Å². The van der Waals surface area contributed by atoms with E-state index >= 15 is 0 Å². The van der Waals surface area contributed by atoms with Gasteiger partial charge >= 0.3 is 0 Å². The van der Waals surface area contributed by atoms with Crippen molar-refractivity contribution >= 4 is 29.9 Å². The highest BCUT2D eigenvalue weighted by Gasteiger charge is 2.27. The third-order valence-corrected chi connectivity index (χ3v) is 3.11. The Labute approximate surface area is 142 Å². The zero-order valence-electron chi connectivity index (χ0n) is 13.8. The van der Waals surface area contributed by atoms with E-state index in [1.807, 2.05) is 6.92 Å². The number of nitrogens with two attached hydrogens (primary N) is 1. The first kappa shape index (κ1) is 21.4. The van der Waals surface area contributed by atoms with Crippen molar-refractivity contribution in [1.29, 1.82) is 0 Å². The number of halogens is 1.